The van der Waals surface area contributed by atoms with Crippen molar-refractivity contribution >= 4 is 28.4 Å². The Morgan fingerprint density at radius 2 is 2.23 bits per heavy atom. The second-order valence-electron chi connectivity index (χ2n) is 7.26. The second kappa shape index (κ2) is 8.09. The molecule has 0 aromatic carbocycles. The monoisotopic (exact) mass is 415 g/mol. The van der Waals surface area contributed by atoms with Crippen LogP contribution in [0.4, 0.5) is 0 Å². The number of hydrogen-bond acceptors (Lipinski definition) is 2. The van der Waals surface area contributed by atoms with Gasteiger partial charge in [0, 0.05) is 16.4 Å². The topological polar surface area (TPSA) is 43.1 Å². The fourth-order valence-corrected chi connectivity index (χ4v) is 5.38. The van der Waals surface area contributed by atoms with Crippen LogP contribution >= 0.6 is 22.6 Å². The molecule has 1 fully saturated rings. The molecule has 124 valence electrons. The van der Waals surface area contributed by atoms with Gasteiger partial charge in [-0.05, 0) is 69.6 Å². The maximum absolute atomic E-state index is 11.8. The fourth-order valence-electron chi connectivity index (χ4n) is 4.35. The first-order valence-electron chi connectivity index (χ1n) is 8.63. The van der Waals surface area contributed by atoms with Gasteiger partial charge >= 0.3 is 0 Å². The molecule has 1 saturated carbocycles. The van der Waals surface area contributed by atoms with Gasteiger partial charge in [0.25, 0.3) is 0 Å². The number of carbonyl (C=O) groups excluding carboxylic acids is 1. The molecule has 0 amide bonds. The Morgan fingerprint density at radius 3 is 2.77 bits per heavy atom. The maximum atomic E-state index is 11.8. The molecule has 2 rings (SSSR count). The molecule has 6 atom stereocenters. The predicted molar refractivity (Wildman–Crippen MR) is 102 cm³/mol. The Hall–Kier alpha value is -0.160. The zero-order valence-corrected chi connectivity index (χ0v) is 16.1. The third-order valence-electron chi connectivity index (χ3n) is 5.82. The van der Waals surface area contributed by atoms with Gasteiger partial charge in [-0.2, -0.15) is 0 Å². The van der Waals surface area contributed by atoms with Gasteiger partial charge in [-0.25, -0.2) is 0 Å². The molecule has 2 unspecified atom stereocenters. The lowest BCUT2D eigenvalue weighted by Gasteiger charge is -2.40. The van der Waals surface area contributed by atoms with Gasteiger partial charge in [-0.15, -0.1) is 6.58 Å². The summed E-state index contributed by atoms with van der Waals surface area (Å²) < 4.78 is 1.18. The molecule has 2 aliphatic rings. The SMILES string of the molecule is C=C[C@H]1CC[C@@H](C(C)=O)CC1C1=CC([C@@H](C)N)[C@H](CI)CC1. The highest BCUT2D eigenvalue weighted by Crippen LogP contribution is 2.44. The van der Waals surface area contributed by atoms with E-state index in [0.29, 0.717) is 29.5 Å². The molecule has 2 N–H and O–H groups in total. The summed E-state index contributed by atoms with van der Waals surface area (Å²) in [7, 11) is 0. The van der Waals surface area contributed by atoms with Crippen LogP contribution in [0.25, 0.3) is 0 Å². The molecule has 0 spiro atoms. The summed E-state index contributed by atoms with van der Waals surface area (Å²) in [4.78, 5) is 11.8. The van der Waals surface area contributed by atoms with E-state index >= 15 is 0 Å². The number of alkyl halides is 1. The van der Waals surface area contributed by atoms with E-state index in [0.717, 1.165) is 19.3 Å². The summed E-state index contributed by atoms with van der Waals surface area (Å²) in [6.45, 7) is 7.93. The highest BCUT2D eigenvalue weighted by molar-refractivity contribution is 14.1. The third-order valence-corrected chi connectivity index (χ3v) is 6.95. The van der Waals surface area contributed by atoms with E-state index in [1.54, 1.807) is 12.5 Å². The highest BCUT2D eigenvalue weighted by atomic mass is 127. The Kier molecular flexibility index (Phi) is 6.69. The summed E-state index contributed by atoms with van der Waals surface area (Å²) in [6, 6.07) is 0.212. The van der Waals surface area contributed by atoms with Crippen LogP contribution in [0.1, 0.15) is 46.0 Å². The van der Waals surface area contributed by atoms with Crippen LogP contribution in [0.2, 0.25) is 0 Å². The predicted octanol–water partition coefficient (Wildman–Crippen LogP) is 4.53. The number of rotatable bonds is 5. The summed E-state index contributed by atoms with van der Waals surface area (Å²) in [5.74, 6) is 2.85. The smallest absolute Gasteiger partial charge is 0.132 e. The Morgan fingerprint density at radius 1 is 1.50 bits per heavy atom. The van der Waals surface area contributed by atoms with E-state index < -0.39 is 0 Å². The first-order chi connectivity index (χ1) is 10.5. The average Bonchev–Trinajstić information content (AvgIpc) is 2.53. The first kappa shape index (κ1) is 18.2. The summed E-state index contributed by atoms with van der Waals surface area (Å²) in [6.07, 6.45) is 10.2. The minimum atomic E-state index is 0.212. The van der Waals surface area contributed by atoms with Gasteiger partial charge in [-0.3, -0.25) is 4.79 Å². The number of halogens is 1. The second-order valence-corrected chi connectivity index (χ2v) is 8.14. The first-order valence-corrected chi connectivity index (χ1v) is 10.2. The third kappa shape index (κ3) is 4.02. The van der Waals surface area contributed by atoms with Crippen molar-refractivity contribution in [3.8, 4) is 0 Å². The molecule has 3 heteroatoms. The lowest BCUT2D eigenvalue weighted by molar-refractivity contribution is -0.122. The van der Waals surface area contributed by atoms with Gasteiger partial charge < -0.3 is 5.73 Å². The van der Waals surface area contributed by atoms with Crippen molar-refractivity contribution < 1.29 is 4.79 Å². The van der Waals surface area contributed by atoms with Crippen molar-refractivity contribution in [3.05, 3.63) is 24.3 Å². The van der Waals surface area contributed by atoms with E-state index in [2.05, 4.69) is 48.2 Å². The van der Waals surface area contributed by atoms with Crippen LogP contribution in [-0.2, 0) is 4.79 Å². The van der Waals surface area contributed by atoms with Crippen molar-refractivity contribution in [1.29, 1.82) is 0 Å². The van der Waals surface area contributed by atoms with Gasteiger partial charge in [0.2, 0.25) is 0 Å². The summed E-state index contributed by atoms with van der Waals surface area (Å²) >= 11 is 2.49. The molecule has 0 radical (unpaired) electrons. The quantitative estimate of drug-likeness (QED) is 0.407. The van der Waals surface area contributed by atoms with Crippen molar-refractivity contribution in [2.75, 3.05) is 4.43 Å². The number of ketones is 1. The van der Waals surface area contributed by atoms with Crippen LogP contribution in [-0.4, -0.2) is 16.3 Å². The van der Waals surface area contributed by atoms with E-state index in [1.165, 1.54) is 17.3 Å². The van der Waals surface area contributed by atoms with E-state index in [9.17, 15) is 4.79 Å². The van der Waals surface area contributed by atoms with Gasteiger partial charge in [0.05, 0.1) is 0 Å². The fraction of sp³-hybridized carbons (Fsp3) is 0.737. The zero-order valence-electron chi connectivity index (χ0n) is 13.9. The molecule has 0 aliphatic heterocycles. The normalized spacial score (nSPS) is 37.3. The number of allylic oxidation sites excluding steroid dienone is 2. The van der Waals surface area contributed by atoms with Crippen molar-refractivity contribution in [3.63, 3.8) is 0 Å². The van der Waals surface area contributed by atoms with Gasteiger partial charge in [0.1, 0.15) is 5.78 Å². The van der Waals surface area contributed by atoms with Gasteiger partial charge in [0.15, 0.2) is 0 Å². The summed E-state index contributed by atoms with van der Waals surface area (Å²) in [5, 5.41) is 0. The van der Waals surface area contributed by atoms with Crippen molar-refractivity contribution in [2.45, 2.75) is 52.0 Å². The lowest BCUT2D eigenvalue weighted by Crippen LogP contribution is -2.36. The van der Waals surface area contributed by atoms with Crippen LogP contribution in [0.5, 0.6) is 0 Å². The van der Waals surface area contributed by atoms with E-state index in [-0.39, 0.29) is 12.0 Å². The molecule has 2 aliphatic carbocycles. The van der Waals surface area contributed by atoms with E-state index in [1.807, 2.05) is 0 Å². The van der Waals surface area contributed by atoms with Crippen LogP contribution in [0, 0.1) is 29.6 Å². The lowest BCUT2D eigenvalue weighted by atomic mass is 9.66. The molecule has 0 aromatic heterocycles. The van der Waals surface area contributed by atoms with Crippen molar-refractivity contribution in [2.24, 2.45) is 35.3 Å². The zero-order chi connectivity index (χ0) is 16.3. The molecule has 0 bridgehead atoms. The number of Topliss-reactive ketones (excluding diaryl/α,β-unsaturated/α-hetero) is 1. The molecule has 2 nitrogen and oxygen atoms in total. The minimum Gasteiger partial charge on any atom is -0.327 e. The average molecular weight is 415 g/mol. The molecular formula is C19H30INO. The van der Waals surface area contributed by atoms with E-state index in [4.69, 9.17) is 5.73 Å². The summed E-state index contributed by atoms with van der Waals surface area (Å²) in [5.41, 5.74) is 7.80. The van der Waals surface area contributed by atoms with Crippen LogP contribution in [0.3, 0.4) is 0 Å². The highest BCUT2D eigenvalue weighted by Gasteiger charge is 2.36. The molecular weight excluding hydrogens is 385 g/mol. The Balaban J connectivity index is 2.22. The van der Waals surface area contributed by atoms with Crippen molar-refractivity contribution in [1.82, 2.24) is 0 Å². The largest absolute Gasteiger partial charge is 0.327 e. The van der Waals surface area contributed by atoms with Crippen LogP contribution in [0.15, 0.2) is 24.3 Å². The number of carbonyl (C=O) groups is 1. The molecule has 0 saturated heterocycles. The molecule has 0 aromatic rings. The Labute approximate surface area is 149 Å². The number of hydrogen-bond donors (Lipinski definition) is 1. The molecule has 22 heavy (non-hydrogen) atoms. The van der Waals surface area contributed by atoms with Gasteiger partial charge in [-0.1, -0.05) is 40.3 Å². The number of nitrogens with two attached hydrogens (primary N) is 1. The minimum absolute atomic E-state index is 0.212. The van der Waals surface area contributed by atoms with Crippen LogP contribution < -0.4 is 5.73 Å². The maximum Gasteiger partial charge on any atom is 0.132 e. The molecule has 0 heterocycles. The standard InChI is InChI=1S/C19H30INO/c1-4-14-5-6-15(13(3)22)9-19(14)16-7-8-17(11-20)18(10-16)12(2)21/h4,10,12,14-15,17-19H,1,5-9,11,21H2,2-3H3/t12-,14+,15-,17+,18?,19?/m1/s1. The Bertz CT molecular complexity index is 443.